The first-order chi connectivity index (χ1) is 9.74. The molecular weight excluding hydrogens is 287 g/mol. The van der Waals surface area contributed by atoms with Crippen molar-refractivity contribution in [3.8, 4) is 0 Å². The zero-order valence-electron chi connectivity index (χ0n) is 11.7. The molecule has 1 aliphatic rings. The zero-order chi connectivity index (χ0) is 15.7. The Morgan fingerprint density at radius 2 is 2.10 bits per heavy atom. The van der Waals surface area contributed by atoms with Gasteiger partial charge < -0.3 is 14.8 Å². The number of hydrogen-bond acceptors (Lipinski definition) is 3. The number of carbonyl (C=O) groups is 1. The summed E-state index contributed by atoms with van der Waals surface area (Å²) in [5, 5.41) is 12.4. The molecule has 1 saturated carbocycles. The second kappa shape index (κ2) is 5.71. The normalized spacial score (nSPS) is 18.9. The van der Waals surface area contributed by atoms with Gasteiger partial charge in [0.2, 0.25) is 11.5 Å². The van der Waals surface area contributed by atoms with E-state index >= 15 is 0 Å². The SMILES string of the molecule is Cc1ccc([C@@](O)(CCNC(=O)C2CCC2)C(F)(F)F)o1. The molecule has 0 unspecified atom stereocenters. The first kappa shape index (κ1) is 15.9. The van der Waals surface area contributed by atoms with Crippen molar-refractivity contribution in [2.75, 3.05) is 6.54 Å². The molecule has 2 rings (SSSR count). The van der Waals surface area contributed by atoms with Gasteiger partial charge in [0, 0.05) is 18.9 Å². The van der Waals surface area contributed by atoms with Crippen LogP contribution < -0.4 is 5.32 Å². The molecule has 0 aromatic carbocycles. The highest BCUT2D eigenvalue weighted by atomic mass is 19.4. The Kier molecular flexibility index (Phi) is 4.32. The molecule has 2 N–H and O–H groups in total. The van der Waals surface area contributed by atoms with Crippen LogP contribution in [0.2, 0.25) is 0 Å². The van der Waals surface area contributed by atoms with Gasteiger partial charge in [-0.05, 0) is 31.9 Å². The highest BCUT2D eigenvalue weighted by molar-refractivity contribution is 5.79. The topological polar surface area (TPSA) is 62.5 Å². The van der Waals surface area contributed by atoms with Gasteiger partial charge in [-0.25, -0.2) is 0 Å². The van der Waals surface area contributed by atoms with Crippen molar-refractivity contribution in [1.82, 2.24) is 5.32 Å². The minimum Gasteiger partial charge on any atom is -0.463 e. The number of hydrogen-bond donors (Lipinski definition) is 2. The summed E-state index contributed by atoms with van der Waals surface area (Å²) in [7, 11) is 0. The van der Waals surface area contributed by atoms with Crippen LogP contribution in [0.1, 0.15) is 37.2 Å². The molecule has 0 bridgehead atoms. The van der Waals surface area contributed by atoms with E-state index in [9.17, 15) is 23.1 Å². The molecule has 1 atom stereocenters. The monoisotopic (exact) mass is 305 g/mol. The molecule has 7 heteroatoms. The van der Waals surface area contributed by atoms with Gasteiger partial charge in [0.1, 0.15) is 11.5 Å². The lowest BCUT2D eigenvalue weighted by Crippen LogP contribution is -2.45. The minimum absolute atomic E-state index is 0.102. The summed E-state index contributed by atoms with van der Waals surface area (Å²) in [5.41, 5.74) is -3.09. The Morgan fingerprint density at radius 1 is 1.43 bits per heavy atom. The van der Waals surface area contributed by atoms with Crippen molar-refractivity contribution in [3.63, 3.8) is 0 Å². The third-order valence-electron chi connectivity index (χ3n) is 3.88. The van der Waals surface area contributed by atoms with Crippen molar-refractivity contribution < 1.29 is 27.5 Å². The van der Waals surface area contributed by atoms with Crippen LogP contribution in [0.25, 0.3) is 0 Å². The molecule has 0 aliphatic heterocycles. The fourth-order valence-corrected chi connectivity index (χ4v) is 2.24. The lowest BCUT2D eigenvalue weighted by atomic mass is 9.84. The molecule has 21 heavy (non-hydrogen) atoms. The van der Waals surface area contributed by atoms with Crippen molar-refractivity contribution in [2.24, 2.45) is 5.92 Å². The zero-order valence-corrected chi connectivity index (χ0v) is 11.7. The lowest BCUT2D eigenvalue weighted by molar-refractivity contribution is -0.274. The smallest absolute Gasteiger partial charge is 0.424 e. The van der Waals surface area contributed by atoms with Crippen molar-refractivity contribution in [2.45, 2.75) is 44.4 Å². The summed E-state index contributed by atoms with van der Waals surface area (Å²) >= 11 is 0. The van der Waals surface area contributed by atoms with Crippen LogP contribution in [-0.2, 0) is 10.4 Å². The van der Waals surface area contributed by atoms with E-state index < -0.39 is 24.0 Å². The van der Waals surface area contributed by atoms with Gasteiger partial charge in [0.25, 0.3) is 0 Å². The van der Waals surface area contributed by atoms with Crippen molar-refractivity contribution in [3.05, 3.63) is 23.7 Å². The Morgan fingerprint density at radius 3 is 2.52 bits per heavy atom. The summed E-state index contributed by atoms with van der Waals surface area (Å²) < 4.78 is 44.3. The number of nitrogens with one attached hydrogen (secondary N) is 1. The third-order valence-corrected chi connectivity index (χ3v) is 3.88. The predicted octanol–water partition coefficient (Wildman–Crippen LogP) is 2.64. The van der Waals surface area contributed by atoms with Gasteiger partial charge in [0.15, 0.2) is 0 Å². The molecule has 1 aromatic rings. The van der Waals surface area contributed by atoms with E-state index in [1.807, 2.05) is 0 Å². The van der Waals surface area contributed by atoms with Gasteiger partial charge in [0.05, 0.1) is 0 Å². The number of furan rings is 1. The van der Waals surface area contributed by atoms with Crippen LogP contribution in [-0.4, -0.2) is 23.7 Å². The Bertz CT molecular complexity index is 508. The van der Waals surface area contributed by atoms with Crippen LogP contribution in [0.15, 0.2) is 16.5 Å². The van der Waals surface area contributed by atoms with Gasteiger partial charge in [-0.3, -0.25) is 4.79 Å². The first-order valence-corrected chi connectivity index (χ1v) is 6.88. The standard InChI is InChI=1S/C14H18F3NO3/c1-9-5-6-11(21-9)13(20,14(15,16)17)7-8-18-12(19)10-3-2-4-10/h5-6,10,20H,2-4,7-8H2,1H3,(H,18,19)/t13-/m0/s1. The highest BCUT2D eigenvalue weighted by Crippen LogP contribution is 2.42. The van der Waals surface area contributed by atoms with Crippen LogP contribution in [0.4, 0.5) is 13.2 Å². The van der Waals surface area contributed by atoms with Gasteiger partial charge >= 0.3 is 6.18 Å². The summed E-state index contributed by atoms with van der Waals surface area (Å²) in [6.07, 6.45) is -3.05. The molecule has 1 amide bonds. The van der Waals surface area contributed by atoms with E-state index in [4.69, 9.17) is 4.42 Å². The molecule has 118 valence electrons. The van der Waals surface area contributed by atoms with Crippen molar-refractivity contribution >= 4 is 5.91 Å². The Hall–Kier alpha value is -1.50. The second-order valence-corrected chi connectivity index (χ2v) is 5.44. The molecule has 1 fully saturated rings. The quantitative estimate of drug-likeness (QED) is 0.879. The number of amides is 1. The maximum absolute atomic E-state index is 13.1. The van der Waals surface area contributed by atoms with Crippen LogP contribution in [0.5, 0.6) is 0 Å². The summed E-state index contributed by atoms with van der Waals surface area (Å²) in [6.45, 7) is 1.24. The number of halogens is 3. The predicted molar refractivity (Wildman–Crippen MR) is 68.4 cm³/mol. The van der Waals surface area contributed by atoms with Gasteiger partial charge in [-0.1, -0.05) is 6.42 Å². The van der Waals surface area contributed by atoms with E-state index in [1.165, 1.54) is 13.0 Å². The summed E-state index contributed by atoms with van der Waals surface area (Å²) in [6, 6.07) is 2.47. The van der Waals surface area contributed by atoms with E-state index in [0.29, 0.717) is 0 Å². The van der Waals surface area contributed by atoms with E-state index in [1.54, 1.807) is 0 Å². The average Bonchev–Trinajstić information content (AvgIpc) is 2.72. The first-order valence-electron chi connectivity index (χ1n) is 6.88. The fourth-order valence-electron chi connectivity index (χ4n) is 2.24. The molecule has 0 saturated heterocycles. The average molecular weight is 305 g/mol. The molecule has 1 aromatic heterocycles. The van der Waals surface area contributed by atoms with Crippen molar-refractivity contribution in [1.29, 1.82) is 0 Å². The maximum Gasteiger partial charge on any atom is 0.424 e. The summed E-state index contributed by atoms with van der Waals surface area (Å²) in [4.78, 5) is 11.6. The van der Waals surface area contributed by atoms with E-state index in [2.05, 4.69) is 5.32 Å². The van der Waals surface area contributed by atoms with Gasteiger partial charge in [-0.15, -0.1) is 0 Å². The molecule has 4 nitrogen and oxygen atoms in total. The molecule has 1 heterocycles. The number of rotatable bonds is 5. The number of aryl methyl sites for hydroxylation is 1. The Labute approximate surface area is 120 Å². The second-order valence-electron chi connectivity index (χ2n) is 5.44. The van der Waals surface area contributed by atoms with E-state index in [-0.39, 0.29) is 24.1 Å². The molecule has 0 radical (unpaired) electrons. The highest BCUT2D eigenvalue weighted by Gasteiger charge is 2.56. The summed E-state index contributed by atoms with van der Waals surface area (Å²) in [5.74, 6) is -0.618. The third kappa shape index (κ3) is 3.23. The van der Waals surface area contributed by atoms with Crippen LogP contribution in [0, 0.1) is 12.8 Å². The molecular formula is C14H18F3NO3. The maximum atomic E-state index is 13.1. The van der Waals surface area contributed by atoms with E-state index in [0.717, 1.165) is 25.3 Å². The number of alkyl halides is 3. The fraction of sp³-hybridized carbons (Fsp3) is 0.643. The van der Waals surface area contributed by atoms with Crippen LogP contribution >= 0.6 is 0 Å². The van der Waals surface area contributed by atoms with Crippen LogP contribution in [0.3, 0.4) is 0 Å². The minimum atomic E-state index is -4.88. The largest absolute Gasteiger partial charge is 0.463 e. The molecule has 1 aliphatic carbocycles. The Balaban J connectivity index is 2.01. The number of aliphatic hydroxyl groups is 1. The van der Waals surface area contributed by atoms with Gasteiger partial charge in [-0.2, -0.15) is 13.2 Å². The molecule has 0 spiro atoms. The lowest BCUT2D eigenvalue weighted by Gasteiger charge is -2.29. The number of carbonyl (C=O) groups excluding carboxylic acids is 1.